The maximum absolute atomic E-state index is 11.7. The van der Waals surface area contributed by atoms with Gasteiger partial charge in [0.05, 0.1) is 12.3 Å². The fourth-order valence-electron chi connectivity index (χ4n) is 1.58. The van der Waals surface area contributed by atoms with Gasteiger partial charge in [-0.3, -0.25) is 0 Å². The van der Waals surface area contributed by atoms with Gasteiger partial charge in [0, 0.05) is 12.5 Å². The van der Waals surface area contributed by atoms with Crippen LogP contribution in [0.5, 0.6) is 0 Å². The molecule has 0 atom stereocenters. The van der Waals surface area contributed by atoms with E-state index in [2.05, 4.69) is 10.3 Å². The molecule has 2 rings (SSSR count). The molecule has 1 heterocycles. The Morgan fingerprint density at radius 1 is 1.62 bits per heavy atom. The van der Waals surface area contributed by atoms with Crippen molar-refractivity contribution in [2.45, 2.75) is 32.2 Å². The minimum Gasteiger partial charge on any atom is -0.462 e. The van der Waals surface area contributed by atoms with Gasteiger partial charge in [-0.25, -0.2) is 9.78 Å². The van der Waals surface area contributed by atoms with Gasteiger partial charge >= 0.3 is 5.97 Å². The number of thiazole rings is 1. The number of hydrogen-bond donors (Lipinski definition) is 1. The number of hydrogen-bond acceptors (Lipinski definition) is 5. The topological polar surface area (TPSA) is 51.2 Å². The van der Waals surface area contributed by atoms with Crippen LogP contribution in [0, 0.1) is 0 Å². The van der Waals surface area contributed by atoms with Crippen molar-refractivity contribution in [3.63, 3.8) is 0 Å². The number of rotatable bonds is 5. The van der Waals surface area contributed by atoms with Crippen LogP contribution in [0.15, 0.2) is 0 Å². The van der Waals surface area contributed by atoms with Crippen molar-refractivity contribution in [1.29, 1.82) is 0 Å². The summed E-state index contributed by atoms with van der Waals surface area (Å²) in [7, 11) is 1.88. The highest BCUT2D eigenvalue weighted by Crippen LogP contribution is 2.42. The molecule has 0 saturated heterocycles. The Morgan fingerprint density at radius 3 is 2.94 bits per heavy atom. The molecule has 0 unspecified atom stereocenters. The third kappa shape index (κ3) is 2.41. The Kier molecular flexibility index (Phi) is 3.56. The van der Waals surface area contributed by atoms with Gasteiger partial charge < -0.3 is 10.1 Å². The van der Waals surface area contributed by atoms with Crippen LogP contribution in [-0.2, 0) is 11.3 Å². The van der Waals surface area contributed by atoms with Crippen molar-refractivity contribution < 1.29 is 9.53 Å². The Bertz CT molecular complexity index is 385. The standard InChI is InChI=1S/C11H16N2O2S/c1-3-15-11(14)10-9(7-4-5-7)13-8(16-10)6-12-2/h7,12H,3-6H2,1-2H3. The van der Waals surface area contributed by atoms with Gasteiger partial charge in [-0.2, -0.15) is 0 Å². The molecule has 1 aromatic rings. The second-order valence-corrected chi connectivity index (χ2v) is 4.93. The lowest BCUT2D eigenvalue weighted by Gasteiger charge is -1.99. The van der Waals surface area contributed by atoms with E-state index in [0.717, 1.165) is 23.5 Å². The molecule has 1 fully saturated rings. The normalized spacial score (nSPS) is 15.1. The summed E-state index contributed by atoms with van der Waals surface area (Å²) in [6, 6.07) is 0. The largest absolute Gasteiger partial charge is 0.462 e. The van der Waals surface area contributed by atoms with Gasteiger partial charge in [0.1, 0.15) is 9.88 Å². The van der Waals surface area contributed by atoms with Crippen molar-refractivity contribution in [2.24, 2.45) is 0 Å². The third-order valence-corrected chi connectivity index (χ3v) is 3.50. The van der Waals surface area contributed by atoms with Crippen molar-refractivity contribution in [2.75, 3.05) is 13.7 Å². The van der Waals surface area contributed by atoms with E-state index in [9.17, 15) is 4.79 Å². The zero-order chi connectivity index (χ0) is 11.5. The van der Waals surface area contributed by atoms with Crippen LogP contribution in [0.25, 0.3) is 0 Å². The highest BCUT2D eigenvalue weighted by Gasteiger charge is 2.32. The molecule has 4 nitrogen and oxygen atoms in total. The quantitative estimate of drug-likeness (QED) is 0.799. The highest BCUT2D eigenvalue weighted by atomic mass is 32.1. The smallest absolute Gasteiger partial charge is 0.350 e. The SMILES string of the molecule is CCOC(=O)c1sc(CNC)nc1C1CC1. The minimum atomic E-state index is -0.218. The van der Waals surface area contributed by atoms with E-state index in [0.29, 0.717) is 23.9 Å². The Balaban J connectivity index is 2.22. The lowest BCUT2D eigenvalue weighted by atomic mass is 10.2. The molecule has 0 bridgehead atoms. The molecular formula is C11H16N2O2S. The average molecular weight is 240 g/mol. The maximum Gasteiger partial charge on any atom is 0.350 e. The number of carbonyl (C=O) groups is 1. The average Bonchev–Trinajstić information content (AvgIpc) is 3.01. The van der Waals surface area contributed by atoms with E-state index in [4.69, 9.17) is 4.74 Å². The number of ether oxygens (including phenoxy) is 1. The lowest BCUT2D eigenvalue weighted by molar-refractivity contribution is 0.0530. The maximum atomic E-state index is 11.7. The number of esters is 1. The Morgan fingerprint density at radius 2 is 2.38 bits per heavy atom. The van der Waals surface area contributed by atoms with Crippen LogP contribution in [0.1, 0.15) is 46.1 Å². The molecule has 1 saturated carbocycles. The predicted molar refractivity (Wildman–Crippen MR) is 62.8 cm³/mol. The zero-order valence-electron chi connectivity index (χ0n) is 9.58. The summed E-state index contributed by atoms with van der Waals surface area (Å²) in [5.41, 5.74) is 0.953. The lowest BCUT2D eigenvalue weighted by Crippen LogP contribution is -2.05. The van der Waals surface area contributed by atoms with Crippen LogP contribution in [-0.4, -0.2) is 24.6 Å². The fraction of sp³-hybridized carbons (Fsp3) is 0.636. The van der Waals surface area contributed by atoms with Crippen molar-refractivity contribution in [3.8, 4) is 0 Å². The number of carbonyl (C=O) groups excluding carboxylic acids is 1. The van der Waals surface area contributed by atoms with Crippen LogP contribution >= 0.6 is 11.3 Å². The molecule has 0 radical (unpaired) electrons. The summed E-state index contributed by atoms with van der Waals surface area (Å²) in [5.74, 6) is 0.269. The molecule has 1 N–H and O–H groups in total. The van der Waals surface area contributed by atoms with Gasteiger partial charge in [0.25, 0.3) is 0 Å². The van der Waals surface area contributed by atoms with E-state index >= 15 is 0 Å². The molecule has 5 heteroatoms. The molecule has 16 heavy (non-hydrogen) atoms. The monoisotopic (exact) mass is 240 g/mol. The fourth-order valence-corrected chi connectivity index (χ4v) is 2.64. The van der Waals surface area contributed by atoms with Crippen LogP contribution in [0.3, 0.4) is 0 Å². The van der Waals surface area contributed by atoms with E-state index < -0.39 is 0 Å². The van der Waals surface area contributed by atoms with E-state index in [1.165, 1.54) is 11.3 Å². The van der Waals surface area contributed by atoms with E-state index in [-0.39, 0.29) is 5.97 Å². The summed E-state index contributed by atoms with van der Waals surface area (Å²) in [6.45, 7) is 2.95. The summed E-state index contributed by atoms with van der Waals surface area (Å²) < 4.78 is 5.05. The van der Waals surface area contributed by atoms with Gasteiger partial charge in [-0.1, -0.05) is 0 Å². The molecule has 0 amide bonds. The van der Waals surface area contributed by atoms with Crippen LogP contribution < -0.4 is 5.32 Å². The molecule has 0 spiro atoms. The molecule has 0 aromatic carbocycles. The molecule has 1 aromatic heterocycles. The number of nitrogens with zero attached hydrogens (tertiary/aromatic N) is 1. The number of nitrogens with one attached hydrogen (secondary N) is 1. The second-order valence-electron chi connectivity index (χ2n) is 3.85. The predicted octanol–water partition coefficient (Wildman–Crippen LogP) is 1.92. The van der Waals surface area contributed by atoms with Crippen molar-refractivity contribution >= 4 is 17.3 Å². The van der Waals surface area contributed by atoms with Crippen molar-refractivity contribution in [3.05, 3.63) is 15.6 Å². The molecular weight excluding hydrogens is 224 g/mol. The first-order chi connectivity index (χ1) is 7.76. The third-order valence-electron chi connectivity index (χ3n) is 2.45. The Hall–Kier alpha value is -0.940. The van der Waals surface area contributed by atoms with Gasteiger partial charge in [-0.05, 0) is 26.8 Å². The molecule has 0 aliphatic heterocycles. The Labute approximate surface area is 99.0 Å². The molecule has 1 aliphatic carbocycles. The summed E-state index contributed by atoms with van der Waals surface area (Å²) in [5, 5.41) is 4.02. The van der Waals surface area contributed by atoms with Crippen LogP contribution in [0.4, 0.5) is 0 Å². The minimum absolute atomic E-state index is 0.218. The summed E-state index contributed by atoms with van der Waals surface area (Å²) in [4.78, 5) is 17.0. The first-order valence-corrected chi connectivity index (χ1v) is 6.39. The van der Waals surface area contributed by atoms with Crippen LogP contribution in [0.2, 0.25) is 0 Å². The van der Waals surface area contributed by atoms with Gasteiger partial charge in [0.15, 0.2) is 0 Å². The summed E-state index contributed by atoms with van der Waals surface area (Å²) >= 11 is 1.45. The summed E-state index contributed by atoms with van der Waals surface area (Å²) in [6.07, 6.45) is 2.30. The number of aromatic nitrogens is 1. The zero-order valence-corrected chi connectivity index (χ0v) is 10.4. The highest BCUT2D eigenvalue weighted by molar-refractivity contribution is 7.13. The molecule has 1 aliphatic rings. The first kappa shape index (κ1) is 11.5. The first-order valence-electron chi connectivity index (χ1n) is 5.57. The van der Waals surface area contributed by atoms with E-state index in [1.54, 1.807) is 0 Å². The van der Waals surface area contributed by atoms with Gasteiger partial charge in [0.2, 0.25) is 0 Å². The van der Waals surface area contributed by atoms with E-state index in [1.807, 2.05) is 14.0 Å². The molecule has 88 valence electrons. The van der Waals surface area contributed by atoms with Gasteiger partial charge in [-0.15, -0.1) is 11.3 Å². The second kappa shape index (κ2) is 4.93. The van der Waals surface area contributed by atoms with Crippen molar-refractivity contribution in [1.82, 2.24) is 10.3 Å².